The van der Waals surface area contributed by atoms with Crippen LogP contribution in [0.2, 0.25) is 0 Å². The van der Waals surface area contributed by atoms with Gasteiger partial charge in [-0.2, -0.15) is 18.3 Å². The number of carboxylic acids is 1. The van der Waals surface area contributed by atoms with Gasteiger partial charge in [0, 0.05) is 0 Å². The van der Waals surface area contributed by atoms with Gasteiger partial charge in [-0.15, -0.1) is 0 Å². The Labute approximate surface area is 74.2 Å². The van der Waals surface area contributed by atoms with Crippen molar-refractivity contribution < 1.29 is 23.1 Å². The average molecular weight is 208 g/mol. The van der Waals surface area contributed by atoms with E-state index in [1.807, 2.05) is 0 Å². The van der Waals surface area contributed by atoms with E-state index >= 15 is 0 Å². The molecule has 0 aromatic carbocycles. The second-order valence-corrected chi connectivity index (χ2v) is 2.29. The highest BCUT2D eigenvalue weighted by atomic mass is 19.4. The number of hydrogen-bond donors (Lipinski definition) is 2. The molecule has 1 rings (SSSR count). The van der Waals surface area contributed by atoms with Gasteiger partial charge in [0.05, 0.1) is 11.8 Å². The summed E-state index contributed by atoms with van der Waals surface area (Å²) in [7, 11) is 0. The fourth-order valence-electron chi connectivity index (χ4n) is 0.825. The summed E-state index contributed by atoms with van der Waals surface area (Å²) >= 11 is 0. The van der Waals surface area contributed by atoms with Gasteiger partial charge in [-0.1, -0.05) is 0 Å². The summed E-state index contributed by atoms with van der Waals surface area (Å²) < 4.78 is 36.4. The number of alkyl halides is 3. The average Bonchev–Trinajstić information content (AvgIpc) is 2.01. The largest absolute Gasteiger partial charge is 0.477 e. The Morgan fingerprint density at radius 1 is 1.50 bits per heavy atom. The Morgan fingerprint density at radius 3 is 2.43 bits per heavy atom. The Balaban J connectivity index is 3.52. The molecule has 8 heteroatoms. The van der Waals surface area contributed by atoms with E-state index in [1.54, 1.807) is 5.10 Å². The summed E-state index contributed by atoms with van der Waals surface area (Å²) in [6.07, 6.45) is -4.65. The predicted molar refractivity (Wildman–Crippen MR) is 36.8 cm³/mol. The van der Waals surface area contributed by atoms with E-state index < -0.39 is 28.8 Å². The Kier molecular flexibility index (Phi) is 2.28. The topological polar surface area (TPSA) is 83.0 Å². The molecule has 0 bridgehead atoms. The van der Waals surface area contributed by atoms with E-state index in [0.29, 0.717) is 0 Å². The molecular weight excluding hydrogens is 205 g/mol. The SMILES string of the molecule is O=C(O)c1c(C(F)(F)F)cn[nH]c1=O. The number of aromatic nitrogens is 2. The first-order chi connectivity index (χ1) is 6.34. The van der Waals surface area contributed by atoms with Gasteiger partial charge in [0.2, 0.25) is 0 Å². The molecule has 0 aliphatic rings. The fourth-order valence-corrected chi connectivity index (χ4v) is 0.825. The monoisotopic (exact) mass is 208 g/mol. The van der Waals surface area contributed by atoms with Crippen LogP contribution in [0.3, 0.4) is 0 Å². The number of H-pyrrole nitrogens is 1. The van der Waals surface area contributed by atoms with Crippen LogP contribution in [0, 0.1) is 0 Å². The van der Waals surface area contributed by atoms with E-state index in [2.05, 4.69) is 5.10 Å². The van der Waals surface area contributed by atoms with Gasteiger partial charge in [-0.25, -0.2) is 9.89 Å². The summed E-state index contributed by atoms with van der Waals surface area (Å²) in [4.78, 5) is 21.1. The number of nitrogens with zero attached hydrogens (tertiary/aromatic N) is 1. The van der Waals surface area contributed by atoms with E-state index in [1.165, 1.54) is 0 Å². The maximum absolute atomic E-state index is 12.1. The van der Waals surface area contributed by atoms with Gasteiger partial charge >= 0.3 is 12.1 Å². The van der Waals surface area contributed by atoms with E-state index in [9.17, 15) is 22.8 Å². The van der Waals surface area contributed by atoms with Gasteiger partial charge in [0.1, 0.15) is 5.56 Å². The maximum Gasteiger partial charge on any atom is 0.419 e. The second-order valence-electron chi connectivity index (χ2n) is 2.29. The minimum Gasteiger partial charge on any atom is -0.477 e. The van der Waals surface area contributed by atoms with Crippen LogP contribution in [0.5, 0.6) is 0 Å². The maximum atomic E-state index is 12.1. The number of carbonyl (C=O) groups is 1. The molecule has 0 radical (unpaired) electrons. The first-order valence-corrected chi connectivity index (χ1v) is 3.22. The lowest BCUT2D eigenvalue weighted by Crippen LogP contribution is -2.25. The minimum absolute atomic E-state index is 0.255. The van der Waals surface area contributed by atoms with Crippen molar-refractivity contribution in [1.29, 1.82) is 0 Å². The quantitative estimate of drug-likeness (QED) is 0.703. The molecule has 5 nitrogen and oxygen atoms in total. The minimum atomic E-state index is -4.91. The van der Waals surface area contributed by atoms with Crippen LogP contribution in [0.4, 0.5) is 13.2 Å². The summed E-state index contributed by atoms with van der Waals surface area (Å²) in [5.74, 6) is -1.94. The number of aromatic amines is 1. The summed E-state index contributed by atoms with van der Waals surface area (Å²) in [5, 5.41) is 12.8. The first kappa shape index (κ1) is 10.2. The summed E-state index contributed by atoms with van der Waals surface area (Å²) in [6, 6.07) is 0. The fraction of sp³-hybridized carbons (Fsp3) is 0.167. The summed E-state index contributed by atoms with van der Waals surface area (Å²) in [6.45, 7) is 0. The second kappa shape index (κ2) is 3.13. The molecule has 1 heterocycles. The molecule has 0 saturated heterocycles. The molecule has 0 fully saturated rings. The molecule has 2 N–H and O–H groups in total. The standard InChI is InChI=1S/C6H3F3N2O3/c7-6(8,9)2-1-10-11-4(12)3(2)5(13)14/h1H,(H,11,12)(H,13,14). The van der Waals surface area contributed by atoms with Crippen LogP contribution >= 0.6 is 0 Å². The molecule has 0 aliphatic heterocycles. The number of rotatable bonds is 1. The molecule has 1 aromatic heterocycles. The van der Waals surface area contributed by atoms with Gasteiger partial charge in [0.15, 0.2) is 0 Å². The van der Waals surface area contributed by atoms with E-state index in [4.69, 9.17) is 5.11 Å². The zero-order chi connectivity index (χ0) is 10.9. The van der Waals surface area contributed by atoms with Gasteiger partial charge < -0.3 is 5.11 Å². The van der Waals surface area contributed by atoms with Crippen molar-refractivity contribution in [2.45, 2.75) is 6.18 Å². The predicted octanol–water partition coefficient (Wildman–Crippen LogP) is 0.487. The van der Waals surface area contributed by atoms with E-state index in [-0.39, 0.29) is 6.20 Å². The summed E-state index contributed by atoms with van der Waals surface area (Å²) in [5.41, 5.74) is -4.30. The van der Waals surface area contributed by atoms with E-state index in [0.717, 1.165) is 0 Å². The Hall–Kier alpha value is -1.86. The molecule has 0 aliphatic carbocycles. The molecule has 76 valence electrons. The van der Waals surface area contributed by atoms with Crippen LogP contribution in [-0.4, -0.2) is 21.3 Å². The lowest BCUT2D eigenvalue weighted by atomic mass is 10.1. The van der Waals surface area contributed by atoms with Gasteiger partial charge in [0.25, 0.3) is 5.56 Å². The van der Waals surface area contributed by atoms with Crippen LogP contribution in [0.15, 0.2) is 11.0 Å². The zero-order valence-corrected chi connectivity index (χ0v) is 6.42. The molecule has 14 heavy (non-hydrogen) atoms. The molecule has 0 amide bonds. The van der Waals surface area contributed by atoms with Crippen molar-refractivity contribution in [2.24, 2.45) is 0 Å². The number of hydrogen-bond acceptors (Lipinski definition) is 3. The zero-order valence-electron chi connectivity index (χ0n) is 6.42. The van der Waals surface area contributed by atoms with Crippen molar-refractivity contribution in [2.75, 3.05) is 0 Å². The normalized spacial score (nSPS) is 11.4. The highest BCUT2D eigenvalue weighted by Gasteiger charge is 2.37. The molecule has 0 saturated carbocycles. The molecular formula is C6H3F3N2O3. The lowest BCUT2D eigenvalue weighted by Gasteiger charge is -2.07. The number of halogens is 3. The van der Waals surface area contributed by atoms with Crippen molar-refractivity contribution >= 4 is 5.97 Å². The number of aromatic carboxylic acids is 1. The first-order valence-electron chi connectivity index (χ1n) is 3.22. The van der Waals surface area contributed by atoms with Crippen molar-refractivity contribution in [3.63, 3.8) is 0 Å². The number of nitrogens with one attached hydrogen (secondary N) is 1. The van der Waals surface area contributed by atoms with Crippen LogP contribution in [0.1, 0.15) is 15.9 Å². The molecule has 1 aromatic rings. The Bertz CT molecular complexity index is 423. The van der Waals surface area contributed by atoms with Crippen LogP contribution in [0.25, 0.3) is 0 Å². The third-order valence-corrected chi connectivity index (χ3v) is 1.38. The number of carboxylic acid groups (broad SMARTS) is 1. The van der Waals surface area contributed by atoms with Gasteiger partial charge in [-0.3, -0.25) is 4.79 Å². The highest BCUT2D eigenvalue weighted by molar-refractivity contribution is 5.88. The van der Waals surface area contributed by atoms with Crippen molar-refractivity contribution in [3.8, 4) is 0 Å². The van der Waals surface area contributed by atoms with Crippen LogP contribution < -0.4 is 5.56 Å². The van der Waals surface area contributed by atoms with Gasteiger partial charge in [-0.05, 0) is 0 Å². The lowest BCUT2D eigenvalue weighted by molar-refractivity contribution is -0.138. The van der Waals surface area contributed by atoms with Crippen molar-refractivity contribution in [3.05, 3.63) is 27.7 Å². The molecule has 0 atom stereocenters. The highest BCUT2D eigenvalue weighted by Crippen LogP contribution is 2.29. The third-order valence-electron chi connectivity index (χ3n) is 1.38. The Morgan fingerprint density at radius 2 is 2.07 bits per heavy atom. The van der Waals surface area contributed by atoms with Crippen molar-refractivity contribution in [1.82, 2.24) is 10.2 Å². The third kappa shape index (κ3) is 1.73. The molecule has 0 unspecified atom stereocenters. The van der Waals surface area contributed by atoms with Crippen LogP contribution in [-0.2, 0) is 6.18 Å². The molecule has 0 spiro atoms. The smallest absolute Gasteiger partial charge is 0.419 e.